The number of amides is 1. The van der Waals surface area contributed by atoms with Crippen LogP contribution in [0.15, 0.2) is 48.5 Å². The zero-order chi connectivity index (χ0) is 16.7. The SMILES string of the molecule is COc1cccc(Cl)c1C(O)CNC(=O)OCc1ccccc1. The molecule has 5 nitrogen and oxygen atoms in total. The van der Waals surface area contributed by atoms with E-state index < -0.39 is 12.2 Å². The smallest absolute Gasteiger partial charge is 0.407 e. The molecule has 0 fully saturated rings. The Kier molecular flexibility index (Phi) is 6.26. The normalized spacial score (nSPS) is 11.6. The van der Waals surface area contributed by atoms with Gasteiger partial charge in [-0.05, 0) is 17.7 Å². The standard InChI is InChI=1S/C17H18ClNO4/c1-22-15-9-5-8-13(18)16(15)14(20)10-19-17(21)23-11-12-6-3-2-4-7-12/h2-9,14,20H,10-11H2,1H3,(H,19,21). The number of methoxy groups -OCH3 is 1. The van der Waals surface area contributed by atoms with E-state index in [0.29, 0.717) is 16.3 Å². The Morgan fingerprint density at radius 1 is 1.22 bits per heavy atom. The highest BCUT2D eigenvalue weighted by molar-refractivity contribution is 6.31. The van der Waals surface area contributed by atoms with Crippen molar-refractivity contribution in [2.75, 3.05) is 13.7 Å². The Labute approximate surface area is 139 Å². The van der Waals surface area contributed by atoms with Crippen LogP contribution in [0.4, 0.5) is 4.79 Å². The van der Waals surface area contributed by atoms with Crippen LogP contribution in [0.5, 0.6) is 5.75 Å². The number of carbonyl (C=O) groups excluding carboxylic acids is 1. The van der Waals surface area contributed by atoms with E-state index in [1.54, 1.807) is 18.2 Å². The topological polar surface area (TPSA) is 67.8 Å². The van der Waals surface area contributed by atoms with Gasteiger partial charge in [0.15, 0.2) is 0 Å². The number of carbonyl (C=O) groups is 1. The molecule has 2 aromatic carbocycles. The van der Waals surface area contributed by atoms with Crippen molar-refractivity contribution >= 4 is 17.7 Å². The molecule has 0 heterocycles. The molecule has 2 aromatic rings. The number of aliphatic hydroxyl groups excluding tert-OH is 1. The molecule has 0 spiro atoms. The van der Waals surface area contributed by atoms with Gasteiger partial charge in [-0.3, -0.25) is 0 Å². The molecule has 1 atom stereocenters. The van der Waals surface area contributed by atoms with Crippen LogP contribution in [0, 0.1) is 0 Å². The van der Waals surface area contributed by atoms with E-state index in [0.717, 1.165) is 5.56 Å². The van der Waals surface area contributed by atoms with Crippen LogP contribution >= 0.6 is 11.6 Å². The second-order valence-corrected chi connectivity index (χ2v) is 5.22. The van der Waals surface area contributed by atoms with E-state index in [-0.39, 0.29) is 13.2 Å². The van der Waals surface area contributed by atoms with Crippen molar-refractivity contribution in [1.29, 1.82) is 0 Å². The lowest BCUT2D eigenvalue weighted by molar-refractivity contribution is 0.125. The lowest BCUT2D eigenvalue weighted by atomic mass is 10.1. The summed E-state index contributed by atoms with van der Waals surface area (Å²) in [5, 5.41) is 13.1. The zero-order valence-corrected chi connectivity index (χ0v) is 13.4. The number of benzene rings is 2. The predicted octanol–water partition coefficient (Wildman–Crippen LogP) is 3.31. The van der Waals surface area contributed by atoms with Crippen molar-refractivity contribution in [3.63, 3.8) is 0 Å². The highest BCUT2D eigenvalue weighted by Gasteiger charge is 2.18. The van der Waals surface area contributed by atoms with Gasteiger partial charge in [0.1, 0.15) is 18.5 Å². The Bertz CT molecular complexity index is 648. The van der Waals surface area contributed by atoms with Crippen molar-refractivity contribution in [1.82, 2.24) is 5.32 Å². The third-order valence-electron chi connectivity index (χ3n) is 3.22. The summed E-state index contributed by atoms with van der Waals surface area (Å²) in [7, 11) is 1.49. The molecular weight excluding hydrogens is 318 g/mol. The second kappa shape index (κ2) is 8.41. The molecule has 2 N–H and O–H groups in total. The fourth-order valence-electron chi connectivity index (χ4n) is 2.07. The number of nitrogens with one attached hydrogen (secondary N) is 1. The summed E-state index contributed by atoms with van der Waals surface area (Å²) < 4.78 is 10.2. The van der Waals surface area contributed by atoms with Crippen molar-refractivity contribution < 1.29 is 19.4 Å². The first-order valence-corrected chi connectivity index (χ1v) is 7.44. The molecule has 122 valence electrons. The first-order valence-electron chi connectivity index (χ1n) is 7.07. The summed E-state index contributed by atoms with van der Waals surface area (Å²) >= 11 is 6.08. The fraction of sp³-hybridized carbons (Fsp3) is 0.235. The monoisotopic (exact) mass is 335 g/mol. The van der Waals surface area contributed by atoms with Crippen LogP contribution in [0.1, 0.15) is 17.2 Å². The Hall–Kier alpha value is -2.24. The minimum Gasteiger partial charge on any atom is -0.496 e. The largest absolute Gasteiger partial charge is 0.496 e. The van der Waals surface area contributed by atoms with Crippen LogP contribution in [0.3, 0.4) is 0 Å². The second-order valence-electron chi connectivity index (χ2n) is 4.81. The number of halogens is 1. The van der Waals surface area contributed by atoms with Crippen LogP contribution < -0.4 is 10.1 Å². The molecule has 0 bridgehead atoms. The van der Waals surface area contributed by atoms with E-state index in [9.17, 15) is 9.90 Å². The van der Waals surface area contributed by atoms with Gasteiger partial charge < -0.3 is 19.9 Å². The van der Waals surface area contributed by atoms with Crippen molar-refractivity contribution in [3.05, 3.63) is 64.7 Å². The lowest BCUT2D eigenvalue weighted by Crippen LogP contribution is -2.29. The summed E-state index contributed by atoms with van der Waals surface area (Å²) in [5.41, 5.74) is 1.32. The molecule has 0 radical (unpaired) electrons. The third-order valence-corrected chi connectivity index (χ3v) is 3.55. The Balaban J connectivity index is 1.87. The molecule has 2 rings (SSSR count). The van der Waals surface area contributed by atoms with E-state index >= 15 is 0 Å². The molecule has 0 aromatic heterocycles. The van der Waals surface area contributed by atoms with Crippen molar-refractivity contribution in [2.24, 2.45) is 0 Å². The number of alkyl carbamates (subject to hydrolysis) is 1. The molecular formula is C17H18ClNO4. The zero-order valence-electron chi connectivity index (χ0n) is 12.7. The first kappa shape index (κ1) is 17.1. The number of rotatable bonds is 6. The average Bonchev–Trinajstić information content (AvgIpc) is 2.58. The average molecular weight is 336 g/mol. The van der Waals surface area contributed by atoms with Crippen LogP contribution in [0.25, 0.3) is 0 Å². The summed E-state index contributed by atoms with van der Waals surface area (Å²) in [6.45, 7) is 0.131. The van der Waals surface area contributed by atoms with Crippen LogP contribution in [-0.2, 0) is 11.3 Å². The van der Waals surface area contributed by atoms with Crippen molar-refractivity contribution in [3.8, 4) is 5.75 Å². The van der Waals surface area contributed by atoms with Gasteiger partial charge >= 0.3 is 6.09 Å². The molecule has 0 saturated carbocycles. The van der Waals surface area contributed by atoms with Gasteiger partial charge in [-0.2, -0.15) is 0 Å². The predicted molar refractivity (Wildman–Crippen MR) is 87.6 cm³/mol. The summed E-state index contributed by atoms with van der Waals surface area (Å²) in [4.78, 5) is 11.7. The maximum Gasteiger partial charge on any atom is 0.407 e. The summed E-state index contributed by atoms with van der Waals surface area (Å²) in [6.07, 6.45) is -1.61. The molecule has 0 saturated heterocycles. The number of hydrogen-bond donors (Lipinski definition) is 2. The minimum absolute atomic E-state index is 0.0340. The van der Waals surface area contributed by atoms with E-state index in [2.05, 4.69) is 5.32 Å². The molecule has 0 aliphatic rings. The fourth-order valence-corrected chi connectivity index (χ4v) is 2.37. The molecule has 1 amide bonds. The first-order chi connectivity index (χ1) is 11.1. The van der Waals surface area contributed by atoms with Crippen molar-refractivity contribution in [2.45, 2.75) is 12.7 Å². The van der Waals surface area contributed by atoms with Gasteiger partial charge in [-0.15, -0.1) is 0 Å². The highest BCUT2D eigenvalue weighted by Crippen LogP contribution is 2.31. The maximum atomic E-state index is 11.7. The van der Waals surface area contributed by atoms with Gasteiger partial charge in [0.25, 0.3) is 0 Å². The summed E-state index contributed by atoms with van der Waals surface area (Å²) in [6, 6.07) is 14.4. The van der Waals surface area contributed by atoms with E-state index in [4.69, 9.17) is 21.1 Å². The quantitative estimate of drug-likeness (QED) is 0.850. The molecule has 6 heteroatoms. The highest BCUT2D eigenvalue weighted by atomic mass is 35.5. The van der Waals surface area contributed by atoms with Gasteiger partial charge in [0, 0.05) is 5.56 Å². The minimum atomic E-state index is -0.997. The Morgan fingerprint density at radius 3 is 2.65 bits per heavy atom. The van der Waals surface area contributed by atoms with Gasteiger partial charge in [-0.25, -0.2) is 4.79 Å². The van der Waals surface area contributed by atoms with E-state index in [1.165, 1.54) is 7.11 Å². The maximum absolute atomic E-state index is 11.7. The molecule has 23 heavy (non-hydrogen) atoms. The lowest BCUT2D eigenvalue weighted by Gasteiger charge is -2.16. The van der Waals surface area contributed by atoms with Gasteiger partial charge in [0.05, 0.1) is 18.7 Å². The number of ether oxygens (including phenoxy) is 2. The third kappa shape index (κ3) is 4.87. The number of hydrogen-bond acceptors (Lipinski definition) is 4. The number of aliphatic hydroxyl groups is 1. The molecule has 1 unspecified atom stereocenters. The van der Waals surface area contributed by atoms with Gasteiger partial charge in [-0.1, -0.05) is 48.0 Å². The molecule has 0 aliphatic heterocycles. The molecule has 0 aliphatic carbocycles. The van der Waals surface area contributed by atoms with Crippen LogP contribution in [-0.4, -0.2) is 24.9 Å². The van der Waals surface area contributed by atoms with E-state index in [1.807, 2.05) is 30.3 Å². The van der Waals surface area contributed by atoms with Crippen LogP contribution in [0.2, 0.25) is 5.02 Å². The summed E-state index contributed by atoms with van der Waals surface area (Å²) in [5.74, 6) is 0.462. The van der Waals surface area contributed by atoms with Gasteiger partial charge in [0.2, 0.25) is 0 Å². The Morgan fingerprint density at radius 2 is 1.96 bits per heavy atom.